The molecule has 2 bridgehead atoms. The van der Waals surface area contributed by atoms with Crippen LogP contribution in [0.1, 0.15) is 317 Å². The zero-order valence-electron chi connectivity index (χ0n) is 46.0. The maximum Gasteiger partial charge on any atom is 0.306 e. The van der Waals surface area contributed by atoms with E-state index in [0.717, 1.165) is 63.1 Å². The maximum absolute atomic E-state index is 13.6. The van der Waals surface area contributed by atoms with Gasteiger partial charge in [0, 0.05) is 30.0 Å². The van der Waals surface area contributed by atoms with Crippen molar-refractivity contribution in [2.24, 2.45) is 28.6 Å². The molecule has 0 aromatic rings. The Morgan fingerprint density at radius 1 is 0.588 bits per heavy atom. The van der Waals surface area contributed by atoms with Gasteiger partial charge in [0.25, 0.3) is 0 Å². The Morgan fingerprint density at radius 2 is 1.06 bits per heavy atom. The minimum absolute atomic E-state index is 0.0190. The first-order chi connectivity index (χ1) is 33.0. The van der Waals surface area contributed by atoms with E-state index < -0.39 is 5.79 Å². The van der Waals surface area contributed by atoms with E-state index in [-0.39, 0.29) is 22.8 Å². The molecule has 4 unspecified atom stereocenters. The lowest BCUT2D eigenvalue weighted by Gasteiger charge is -2.54. The molecule has 0 amide bonds. The summed E-state index contributed by atoms with van der Waals surface area (Å²) in [7, 11) is 0. The highest BCUT2D eigenvalue weighted by molar-refractivity contribution is 9.09. The van der Waals surface area contributed by atoms with Crippen LogP contribution >= 0.6 is 15.9 Å². The van der Waals surface area contributed by atoms with Crippen molar-refractivity contribution in [2.75, 3.05) is 25.2 Å². The van der Waals surface area contributed by atoms with Crippen molar-refractivity contribution >= 4 is 27.9 Å². The van der Waals surface area contributed by atoms with Crippen molar-refractivity contribution in [3.63, 3.8) is 0 Å². The molecule has 0 spiro atoms. The summed E-state index contributed by atoms with van der Waals surface area (Å²) in [4.78, 5) is 26.4. The molecule has 0 heterocycles. The number of esters is 2. The Labute approximate surface area is 431 Å². The monoisotopic (exact) mass is 1020 g/mol. The molecular formula is C61H115BrO6. The van der Waals surface area contributed by atoms with Gasteiger partial charge in [0.2, 0.25) is 0 Å². The maximum atomic E-state index is 13.6. The van der Waals surface area contributed by atoms with Crippen molar-refractivity contribution in [3.05, 3.63) is 0 Å². The first-order valence-electron chi connectivity index (χ1n) is 30.3. The molecule has 2 rings (SSSR count). The zero-order chi connectivity index (χ0) is 49.4. The van der Waals surface area contributed by atoms with E-state index in [1.165, 1.54) is 205 Å². The van der Waals surface area contributed by atoms with Gasteiger partial charge in [0.1, 0.15) is 0 Å². The smallest absolute Gasteiger partial charge is 0.306 e. The third-order valence-electron chi connectivity index (χ3n) is 16.4. The third kappa shape index (κ3) is 31.7. The molecule has 2 fully saturated rings. The van der Waals surface area contributed by atoms with Gasteiger partial charge in [-0.3, -0.25) is 9.59 Å². The standard InChI is InChI=1S/C61H115BrO6/c1-6-10-14-18-22-26-30-37-54(38-31-27-23-19-15-11-7-2)47-58(64)66-46-36-44-61(50-56-41-34-43-60(49-56,51-61)52-67-57(63)42-35-45-62)53-68-59(5,65)48-55(39-32-28-24-20-16-12-8-3)40-33-29-25-21-17-13-9-4/h54-56,65H,6-53H2,1-5H3. The van der Waals surface area contributed by atoms with Crippen LogP contribution in [0.25, 0.3) is 0 Å². The predicted molar refractivity (Wildman–Crippen MR) is 293 cm³/mol. The van der Waals surface area contributed by atoms with E-state index in [1.807, 2.05) is 6.92 Å². The Bertz CT molecular complexity index is 1160. The first kappa shape index (κ1) is 63.5. The minimum atomic E-state index is -1.20. The highest BCUT2D eigenvalue weighted by Crippen LogP contribution is 2.58. The van der Waals surface area contributed by atoms with E-state index in [1.54, 1.807) is 0 Å². The second-order valence-electron chi connectivity index (χ2n) is 23.4. The summed E-state index contributed by atoms with van der Waals surface area (Å²) in [6.07, 6.45) is 52.0. The SMILES string of the molecule is CCCCCCCCCC(CCCCCCCCC)CC(=O)OCCCC1(COC(C)(O)CC(CCCCCCCCC)CCCCCCCCC)CC2CCCC(COC(=O)CCCBr)(C2)C1. The molecule has 2 aliphatic rings. The highest BCUT2D eigenvalue weighted by Gasteiger charge is 2.51. The first-order valence-corrected chi connectivity index (χ1v) is 31.4. The zero-order valence-corrected chi connectivity index (χ0v) is 47.6. The molecule has 0 saturated heterocycles. The molecule has 0 aromatic heterocycles. The van der Waals surface area contributed by atoms with Crippen LogP contribution in [-0.2, 0) is 23.8 Å². The number of carbonyl (C=O) groups excluding carboxylic acids is 2. The molecule has 0 aliphatic heterocycles. The van der Waals surface area contributed by atoms with Gasteiger partial charge in [-0.2, -0.15) is 0 Å². The van der Waals surface area contributed by atoms with Crippen LogP contribution in [0, 0.1) is 28.6 Å². The van der Waals surface area contributed by atoms with Crippen LogP contribution in [0.15, 0.2) is 0 Å². The molecule has 2 aliphatic carbocycles. The fourth-order valence-electron chi connectivity index (χ4n) is 12.6. The molecule has 4 atom stereocenters. The summed E-state index contributed by atoms with van der Waals surface area (Å²) in [5, 5.41) is 13.0. The van der Waals surface area contributed by atoms with Crippen LogP contribution in [0.5, 0.6) is 0 Å². The van der Waals surface area contributed by atoms with Gasteiger partial charge in [0.15, 0.2) is 5.79 Å². The topological polar surface area (TPSA) is 82.1 Å². The largest absolute Gasteiger partial charge is 0.466 e. The van der Waals surface area contributed by atoms with Gasteiger partial charge in [-0.1, -0.05) is 249 Å². The molecule has 1 N–H and O–H groups in total. The van der Waals surface area contributed by atoms with Crippen molar-refractivity contribution in [3.8, 4) is 0 Å². The van der Waals surface area contributed by atoms with Crippen LogP contribution < -0.4 is 0 Å². The molecule has 68 heavy (non-hydrogen) atoms. The summed E-state index contributed by atoms with van der Waals surface area (Å²) in [5.74, 6) is 0.127. The average Bonchev–Trinajstić information content (AvgIpc) is 3.32. The normalized spacial score (nSPS) is 20.3. The second kappa shape index (κ2) is 40.8. The highest BCUT2D eigenvalue weighted by atomic mass is 79.9. The predicted octanol–water partition coefficient (Wildman–Crippen LogP) is 19.3. The molecule has 0 aromatic carbocycles. The number of aliphatic hydroxyl groups is 1. The lowest BCUT2D eigenvalue weighted by molar-refractivity contribution is -0.229. The molecule has 2 saturated carbocycles. The molecule has 0 radical (unpaired) electrons. The van der Waals surface area contributed by atoms with Gasteiger partial charge in [-0.05, 0) is 87.9 Å². The minimum Gasteiger partial charge on any atom is -0.466 e. The Balaban J connectivity index is 2.14. The summed E-state index contributed by atoms with van der Waals surface area (Å²) in [5.41, 5.74) is -0.224. The molecule has 7 heteroatoms. The van der Waals surface area contributed by atoms with Gasteiger partial charge in [-0.25, -0.2) is 0 Å². The number of hydrogen-bond donors (Lipinski definition) is 1. The number of rotatable bonds is 48. The van der Waals surface area contributed by atoms with E-state index >= 15 is 0 Å². The van der Waals surface area contributed by atoms with Gasteiger partial charge in [0.05, 0.1) is 19.8 Å². The van der Waals surface area contributed by atoms with Crippen molar-refractivity contribution in [1.29, 1.82) is 0 Å². The number of halogens is 1. The Kier molecular flexibility index (Phi) is 38.1. The van der Waals surface area contributed by atoms with Crippen LogP contribution in [0.2, 0.25) is 0 Å². The number of ether oxygens (including phenoxy) is 3. The number of fused-ring (bicyclic) bond motifs is 2. The van der Waals surface area contributed by atoms with E-state index in [4.69, 9.17) is 14.2 Å². The Hall–Kier alpha value is -0.660. The van der Waals surface area contributed by atoms with Gasteiger partial charge < -0.3 is 19.3 Å². The quantitative estimate of drug-likeness (QED) is 0.0283. The third-order valence-corrected chi connectivity index (χ3v) is 16.9. The van der Waals surface area contributed by atoms with Crippen LogP contribution in [-0.4, -0.2) is 48.0 Å². The second-order valence-corrected chi connectivity index (χ2v) is 24.2. The number of unbranched alkanes of at least 4 members (excludes halogenated alkanes) is 24. The average molecular weight is 1020 g/mol. The van der Waals surface area contributed by atoms with E-state index in [2.05, 4.69) is 43.6 Å². The summed E-state index contributed by atoms with van der Waals surface area (Å²) in [6, 6.07) is 0. The summed E-state index contributed by atoms with van der Waals surface area (Å²) >= 11 is 3.48. The molecular weight excluding hydrogens is 909 g/mol. The van der Waals surface area contributed by atoms with Crippen LogP contribution in [0.4, 0.5) is 0 Å². The van der Waals surface area contributed by atoms with E-state index in [9.17, 15) is 14.7 Å². The lowest BCUT2D eigenvalue weighted by atomic mass is 9.53. The molecule has 402 valence electrons. The van der Waals surface area contributed by atoms with Crippen molar-refractivity contribution in [2.45, 2.75) is 323 Å². The van der Waals surface area contributed by atoms with Crippen molar-refractivity contribution in [1.82, 2.24) is 0 Å². The Morgan fingerprint density at radius 3 is 1.54 bits per heavy atom. The summed E-state index contributed by atoms with van der Waals surface area (Å²) < 4.78 is 19.1. The molecule has 6 nitrogen and oxygen atoms in total. The lowest BCUT2D eigenvalue weighted by Crippen LogP contribution is -2.49. The summed E-state index contributed by atoms with van der Waals surface area (Å²) in [6.45, 7) is 12.5. The fraction of sp³-hybridized carbons (Fsp3) is 0.967. The van der Waals surface area contributed by atoms with E-state index in [0.29, 0.717) is 56.8 Å². The van der Waals surface area contributed by atoms with Crippen molar-refractivity contribution < 1.29 is 28.9 Å². The van der Waals surface area contributed by atoms with Gasteiger partial charge in [-0.15, -0.1) is 0 Å². The number of hydrogen-bond acceptors (Lipinski definition) is 6. The number of alkyl halides is 1. The fourth-order valence-corrected chi connectivity index (χ4v) is 12.8. The van der Waals surface area contributed by atoms with Crippen LogP contribution in [0.3, 0.4) is 0 Å². The van der Waals surface area contributed by atoms with Gasteiger partial charge >= 0.3 is 11.9 Å². The number of carbonyl (C=O) groups is 2.